The molecule has 3 rings (SSSR count). The molecule has 0 radical (unpaired) electrons. The van der Waals surface area contributed by atoms with Gasteiger partial charge in [0.1, 0.15) is 0 Å². The Morgan fingerprint density at radius 3 is 2.62 bits per heavy atom. The number of pyridine rings is 2. The first-order valence-electron chi connectivity index (χ1n) is 7.91. The Labute approximate surface area is 154 Å². The van der Waals surface area contributed by atoms with Crippen molar-refractivity contribution in [3.8, 4) is 0 Å². The molecule has 3 N–H and O–H groups in total. The van der Waals surface area contributed by atoms with E-state index >= 15 is 0 Å². The number of nitrogens with two attached hydrogens (primary N) is 1. The van der Waals surface area contributed by atoms with Crippen molar-refractivity contribution in [2.24, 2.45) is 11.1 Å². The van der Waals surface area contributed by atoms with Gasteiger partial charge in [-0.25, -0.2) is 0 Å². The summed E-state index contributed by atoms with van der Waals surface area (Å²) in [4.78, 5) is 20.9. The molecule has 1 fully saturated rings. The van der Waals surface area contributed by atoms with Crippen molar-refractivity contribution in [1.29, 1.82) is 0 Å². The zero-order valence-corrected chi connectivity index (χ0v) is 15.2. The van der Waals surface area contributed by atoms with Crippen LogP contribution in [0.3, 0.4) is 0 Å². The van der Waals surface area contributed by atoms with Gasteiger partial charge < -0.3 is 11.1 Å². The molecule has 1 aliphatic carbocycles. The van der Waals surface area contributed by atoms with Gasteiger partial charge in [0.15, 0.2) is 0 Å². The largest absolute Gasteiger partial charge is 0.330 e. The summed E-state index contributed by atoms with van der Waals surface area (Å²) in [6.07, 6.45) is 11.3. The summed E-state index contributed by atoms with van der Waals surface area (Å²) < 4.78 is 0. The van der Waals surface area contributed by atoms with Crippen LogP contribution in [0.5, 0.6) is 0 Å². The highest BCUT2D eigenvalue weighted by atomic mass is 35.5. The van der Waals surface area contributed by atoms with Crippen molar-refractivity contribution in [3.05, 3.63) is 30.7 Å². The Balaban J connectivity index is 0.00000144. The van der Waals surface area contributed by atoms with Gasteiger partial charge >= 0.3 is 0 Å². The van der Waals surface area contributed by atoms with Gasteiger partial charge in [-0.1, -0.05) is 19.3 Å². The maximum absolute atomic E-state index is 12.5. The van der Waals surface area contributed by atoms with E-state index in [-0.39, 0.29) is 36.1 Å². The first kappa shape index (κ1) is 20.6. The Morgan fingerprint density at radius 1 is 1.17 bits per heavy atom. The van der Waals surface area contributed by atoms with Crippen molar-refractivity contribution < 1.29 is 4.79 Å². The second-order valence-corrected chi connectivity index (χ2v) is 6.24. The molecule has 2 aromatic heterocycles. The molecule has 0 spiro atoms. The fraction of sp³-hybridized carbons (Fsp3) is 0.471. The number of nitrogens with zero attached hydrogens (tertiary/aromatic N) is 2. The lowest BCUT2D eigenvalue weighted by Gasteiger charge is -2.35. The highest BCUT2D eigenvalue weighted by Crippen LogP contribution is 2.38. The molecule has 2 aromatic rings. The normalized spacial score (nSPS) is 15.9. The van der Waals surface area contributed by atoms with Gasteiger partial charge in [0.25, 0.3) is 0 Å². The second-order valence-electron chi connectivity index (χ2n) is 6.24. The molecule has 7 heteroatoms. The van der Waals surface area contributed by atoms with E-state index in [2.05, 4.69) is 15.3 Å². The van der Waals surface area contributed by atoms with E-state index < -0.39 is 0 Å². The molecule has 2 heterocycles. The van der Waals surface area contributed by atoms with Gasteiger partial charge in [-0.2, -0.15) is 0 Å². The van der Waals surface area contributed by atoms with Crippen LogP contribution in [0.4, 0.5) is 5.69 Å². The number of carbonyl (C=O) groups excluding carboxylic acids is 1. The summed E-state index contributed by atoms with van der Waals surface area (Å²) >= 11 is 0. The monoisotopic (exact) mass is 370 g/mol. The number of aromatic nitrogens is 2. The molecule has 5 nitrogen and oxygen atoms in total. The van der Waals surface area contributed by atoms with Gasteiger partial charge in [0.05, 0.1) is 11.2 Å². The number of anilines is 1. The number of rotatable bonds is 4. The minimum atomic E-state index is -0.0244. The number of nitrogens with one attached hydrogen (secondary N) is 1. The Kier molecular flexibility index (Phi) is 7.87. The topological polar surface area (TPSA) is 80.9 Å². The summed E-state index contributed by atoms with van der Waals surface area (Å²) in [6.45, 7) is 0.582. The van der Waals surface area contributed by atoms with Crippen molar-refractivity contribution in [3.63, 3.8) is 0 Å². The van der Waals surface area contributed by atoms with E-state index in [0.29, 0.717) is 13.0 Å². The number of hydrogen-bond acceptors (Lipinski definition) is 4. The second kappa shape index (κ2) is 9.16. The molecule has 0 saturated heterocycles. The van der Waals surface area contributed by atoms with Crippen LogP contribution in [-0.4, -0.2) is 22.4 Å². The van der Waals surface area contributed by atoms with E-state index in [0.717, 1.165) is 29.4 Å². The van der Waals surface area contributed by atoms with Gasteiger partial charge in [0.2, 0.25) is 5.91 Å². The molecule has 132 valence electrons. The molecule has 0 bridgehead atoms. The number of amides is 1. The van der Waals surface area contributed by atoms with E-state index in [4.69, 9.17) is 5.73 Å². The maximum Gasteiger partial charge on any atom is 0.224 e. The molecule has 24 heavy (non-hydrogen) atoms. The van der Waals surface area contributed by atoms with Crippen LogP contribution in [-0.2, 0) is 4.79 Å². The summed E-state index contributed by atoms with van der Waals surface area (Å²) in [6, 6.07) is 3.66. The van der Waals surface area contributed by atoms with Crippen LogP contribution in [0, 0.1) is 5.41 Å². The average Bonchev–Trinajstić information content (AvgIpc) is 2.56. The molecule has 0 aliphatic heterocycles. The zero-order valence-electron chi connectivity index (χ0n) is 13.5. The molecule has 1 saturated carbocycles. The van der Waals surface area contributed by atoms with Crippen molar-refractivity contribution in [2.75, 3.05) is 11.9 Å². The van der Waals surface area contributed by atoms with Gasteiger partial charge in [-0.05, 0) is 36.9 Å². The maximum atomic E-state index is 12.5. The molecule has 1 aliphatic rings. The van der Waals surface area contributed by atoms with Gasteiger partial charge in [0, 0.05) is 30.4 Å². The highest BCUT2D eigenvalue weighted by Gasteiger charge is 2.33. The number of halogens is 2. The van der Waals surface area contributed by atoms with Crippen molar-refractivity contribution >= 4 is 47.3 Å². The quantitative estimate of drug-likeness (QED) is 0.859. The molecule has 1 amide bonds. The van der Waals surface area contributed by atoms with E-state index in [1.54, 1.807) is 18.6 Å². The fourth-order valence-electron chi connectivity index (χ4n) is 3.39. The van der Waals surface area contributed by atoms with Crippen LogP contribution in [0.2, 0.25) is 0 Å². The smallest absolute Gasteiger partial charge is 0.224 e. The van der Waals surface area contributed by atoms with Gasteiger partial charge in [-0.3, -0.25) is 14.8 Å². The SMILES string of the molecule is Cl.Cl.NCC1(CC(=O)Nc2ccnc3ccncc23)CCCCC1. The summed E-state index contributed by atoms with van der Waals surface area (Å²) in [5, 5.41) is 3.88. The number of hydrogen-bond donors (Lipinski definition) is 2. The van der Waals surface area contributed by atoms with Crippen LogP contribution >= 0.6 is 24.8 Å². The van der Waals surface area contributed by atoms with Crippen molar-refractivity contribution in [2.45, 2.75) is 38.5 Å². The van der Waals surface area contributed by atoms with E-state index in [1.165, 1.54) is 19.3 Å². The van der Waals surface area contributed by atoms with Crippen LogP contribution < -0.4 is 11.1 Å². The van der Waals surface area contributed by atoms with E-state index in [9.17, 15) is 4.79 Å². The van der Waals surface area contributed by atoms with Crippen molar-refractivity contribution in [1.82, 2.24) is 9.97 Å². The molecule has 0 aromatic carbocycles. The summed E-state index contributed by atoms with van der Waals surface area (Å²) in [7, 11) is 0. The predicted molar refractivity (Wildman–Crippen MR) is 102 cm³/mol. The number of fused-ring (bicyclic) bond motifs is 1. The zero-order chi connectivity index (χ0) is 15.4. The van der Waals surface area contributed by atoms with Gasteiger partial charge in [-0.15, -0.1) is 24.8 Å². The lowest BCUT2D eigenvalue weighted by Crippen LogP contribution is -2.36. The third-order valence-electron chi connectivity index (χ3n) is 4.70. The molecule has 0 unspecified atom stereocenters. The molecular formula is C17H24Cl2N4O. The summed E-state index contributed by atoms with van der Waals surface area (Å²) in [5.41, 5.74) is 7.55. The minimum Gasteiger partial charge on any atom is -0.330 e. The Hall–Kier alpha value is -1.43. The Morgan fingerprint density at radius 2 is 1.92 bits per heavy atom. The first-order chi connectivity index (χ1) is 10.7. The van der Waals surface area contributed by atoms with E-state index in [1.807, 2.05) is 12.1 Å². The lowest BCUT2D eigenvalue weighted by molar-refractivity contribution is -0.118. The third-order valence-corrected chi connectivity index (χ3v) is 4.70. The third kappa shape index (κ3) is 4.56. The van der Waals surface area contributed by atoms with Crippen LogP contribution in [0.1, 0.15) is 38.5 Å². The first-order valence-corrected chi connectivity index (χ1v) is 7.91. The highest BCUT2D eigenvalue weighted by molar-refractivity contribution is 6.00. The van der Waals surface area contributed by atoms with Crippen LogP contribution in [0.15, 0.2) is 30.7 Å². The summed E-state index contributed by atoms with van der Waals surface area (Å²) in [5.74, 6) is 0.0312. The lowest BCUT2D eigenvalue weighted by atomic mass is 9.71. The standard InChI is InChI=1S/C17H22N4O.2ClH/c18-12-17(6-2-1-3-7-17)10-16(22)21-15-5-9-20-14-4-8-19-11-13(14)15;;/h4-5,8-9,11H,1-3,6-7,10,12,18H2,(H,20,21,22);2*1H. The average molecular weight is 371 g/mol. The predicted octanol–water partition coefficient (Wildman–Crippen LogP) is 3.71. The molecular weight excluding hydrogens is 347 g/mol. The number of carbonyl (C=O) groups is 1. The Bertz CT molecular complexity index is 669. The fourth-order valence-corrected chi connectivity index (χ4v) is 3.39. The van der Waals surface area contributed by atoms with Crippen LogP contribution in [0.25, 0.3) is 10.9 Å². The minimum absolute atomic E-state index is 0. The molecule has 0 atom stereocenters.